The number of hydrogen-bond acceptors (Lipinski definition) is 1. The smallest absolute Gasteiger partial charge is 0.224 e. The summed E-state index contributed by atoms with van der Waals surface area (Å²) in [6, 6.07) is 14.9. The lowest BCUT2D eigenvalue weighted by Gasteiger charge is -2.37. The Labute approximate surface area is 158 Å². The van der Waals surface area contributed by atoms with Crippen molar-refractivity contribution < 1.29 is 4.79 Å². The zero-order valence-electron chi connectivity index (χ0n) is 16.4. The Morgan fingerprint density at radius 3 is 2.35 bits per heavy atom. The lowest BCUT2D eigenvalue weighted by Crippen LogP contribution is -2.49. The summed E-state index contributed by atoms with van der Waals surface area (Å²) < 4.78 is 0. The molecule has 1 fully saturated rings. The second-order valence-electron chi connectivity index (χ2n) is 7.88. The van der Waals surface area contributed by atoms with Gasteiger partial charge in [-0.2, -0.15) is 0 Å². The highest BCUT2D eigenvalue weighted by Crippen LogP contribution is 2.31. The van der Waals surface area contributed by atoms with Gasteiger partial charge in [-0.25, -0.2) is 0 Å². The molecule has 0 atom stereocenters. The lowest BCUT2D eigenvalue weighted by molar-refractivity contribution is -0.122. The van der Waals surface area contributed by atoms with E-state index in [9.17, 15) is 4.79 Å². The van der Waals surface area contributed by atoms with Crippen LogP contribution in [0.2, 0.25) is 0 Å². The van der Waals surface area contributed by atoms with Crippen LogP contribution in [-0.2, 0) is 11.2 Å². The average Bonchev–Trinajstić information content (AvgIpc) is 2.66. The lowest BCUT2D eigenvalue weighted by atomic mass is 9.79. The van der Waals surface area contributed by atoms with Crippen molar-refractivity contribution in [2.45, 2.75) is 71.3 Å². The molecule has 1 N–H and O–H groups in total. The maximum Gasteiger partial charge on any atom is 0.224 e. The first-order valence-corrected chi connectivity index (χ1v) is 9.99. The number of nitrogens with one attached hydrogen (secondary N) is 1. The third-order valence-electron chi connectivity index (χ3n) is 6.01. The molecule has 2 heteroatoms. The van der Waals surface area contributed by atoms with Crippen LogP contribution in [0.25, 0.3) is 11.1 Å². The van der Waals surface area contributed by atoms with E-state index in [4.69, 9.17) is 0 Å². The molecule has 0 aliphatic heterocycles. The normalized spacial score (nSPS) is 16.3. The van der Waals surface area contributed by atoms with Crippen LogP contribution >= 0.6 is 0 Å². The summed E-state index contributed by atoms with van der Waals surface area (Å²) >= 11 is 0. The minimum atomic E-state index is 0.0300. The molecule has 0 aromatic heterocycles. The monoisotopic (exact) mass is 349 g/mol. The molecule has 2 aromatic rings. The predicted molar refractivity (Wildman–Crippen MR) is 109 cm³/mol. The molecule has 0 saturated heterocycles. The maximum absolute atomic E-state index is 12.8. The molecule has 1 aliphatic carbocycles. The standard InChI is InChI=1S/C24H31NO/c1-4-24(13-9-6-10-14-24)25-23(26)17-21-15-19(3)22(16-18(21)2)20-11-7-5-8-12-20/h5,7-8,11-12,15-16H,4,6,9-10,13-14,17H2,1-3H3,(H,25,26). The first-order valence-electron chi connectivity index (χ1n) is 9.99. The fourth-order valence-corrected chi connectivity index (χ4v) is 4.30. The summed E-state index contributed by atoms with van der Waals surface area (Å²) in [4.78, 5) is 12.8. The van der Waals surface area contributed by atoms with Gasteiger partial charge in [0.05, 0.1) is 6.42 Å². The van der Waals surface area contributed by atoms with Crippen molar-refractivity contribution >= 4 is 5.91 Å². The van der Waals surface area contributed by atoms with Gasteiger partial charge in [0.1, 0.15) is 0 Å². The highest BCUT2D eigenvalue weighted by atomic mass is 16.1. The van der Waals surface area contributed by atoms with Gasteiger partial charge in [-0.1, -0.05) is 68.7 Å². The van der Waals surface area contributed by atoms with E-state index in [1.165, 1.54) is 41.5 Å². The first kappa shape index (κ1) is 18.7. The van der Waals surface area contributed by atoms with Crippen LogP contribution in [-0.4, -0.2) is 11.4 Å². The van der Waals surface area contributed by atoms with Crippen molar-refractivity contribution in [3.05, 3.63) is 59.2 Å². The third-order valence-corrected chi connectivity index (χ3v) is 6.01. The second kappa shape index (κ2) is 8.07. The van der Waals surface area contributed by atoms with Crippen LogP contribution < -0.4 is 5.32 Å². The number of carbonyl (C=O) groups excluding carboxylic acids is 1. The minimum Gasteiger partial charge on any atom is -0.350 e. The van der Waals surface area contributed by atoms with Gasteiger partial charge in [-0.3, -0.25) is 4.79 Å². The van der Waals surface area contributed by atoms with Gasteiger partial charge in [0.2, 0.25) is 5.91 Å². The fourth-order valence-electron chi connectivity index (χ4n) is 4.30. The van der Waals surface area contributed by atoms with Crippen molar-refractivity contribution in [3.8, 4) is 11.1 Å². The number of rotatable bonds is 5. The molecule has 2 aromatic carbocycles. The summed E-state index contributed by atoms with van der Waals surface area (Å²) in [6.45, 7) is 6.46. The van der Waals surface area contributed by atoms with Crippen LogP contribution in [0.5, 0.6) is 0 Å². The van der Waals surface area contributed by atoms with E-state index < -0.39 is 0 Å². The topological polar surface area (TPSA) is 29.1 Å². The van der Waals surface area contributed by atoms with Gasteiger partial charge < -0.3 is 5.32 Å². The van der Waals surface area contributed by atoms with Crippen LogP contribution in [0.4, 0.5) is 0 Å². The van der Waals surface area contributed by atoms with E-state index in [0.717, 1.165) is 24.8 Å². The molecule has 0 spiro atoms. The van der Waals surface area contributed by atoms with Crippen LogP contribution in [0, 0.1) is 13.8 Å². The fraction of sp³-hybridized carbons (Fsp3) is 0.458. The molecule has 0 bridgehead atoms. The second-order valence-corrected chi connectivity index (χ2v) is 7.88. The highest BCUT2D eigenvalue weighted by Gasteiger charge is 2.31. The zero-order valence-corrected chi connectivity index (χ0v) is 16.4. The molecular weight excluding hydrogens is 318 g/mol. The summed E-state index contributed by atoms with van der Waals surface area (Å²) in [5, 5.41) is 3.38. The number of aryl methyl sites for hydroxylation is 2. The number of carbonyl (C=O) groups is 1. The Morgan fingerprint density at radius 2 is 1.69 bits per heavy atom. The van der Waals surface area contributed by atoms with Crippen LogP contribution in [0.3, 0.4) is 0 Å². The van der Waals surface area contributed by atoms with Gasteiger partial charge in [-0.15, -0.1) is 0 Å². The zero-order chi connectivity index (χ0) is 18.6. The Morgan fingerprint density at radius 1 is 1.00 bits per heavy atom. The molecule has 0 radical (unpaired) electrons. The van der Waals surface area contributed by atoms with E-state index in [1.807, 2.05) is 6.07 Å². The summed E-state index contributed by atoms with van der Waals surface area (Å²) in [6.07, 6.45) is 7.53. The van der Waals surface area contributed by atoms with E-state index in [-0.39, 0.29) is 11.4 Å². The number of benzene rings is 2. The Hall–Kier alpha value is -2.09. The summed E-state index contributed by atoms with van der Waals surface area (Å²) in [5.41, 5.74) is 6.08. The molecule has 26 heavy (non-hydrogen) atoms. The quantitative estimate of drug-likeness (QED) is 0.732. The molecule has 3 rings (SSSR count). The highest BCUT2D eigenvalue weighted by molar-refractivity contribution is 5.80. The number of hydrogen-bond donors (Lipinski definition) is 1. The Kier molecular flexibility index (Phi) is 5.80. The molecule has 1 amide bonds. The van der Waals surface area contributed by atoms with Crippen LogP contribution in [0.15, 0.2) is 42.5 Å². The Balaban J connectivity index is 1.75. The molecule has 0 heterocycles. The van der Waals surface area contributed by atoms with Gasteiger partial charge in [-0.05, 0) is 60.9 Å². The minimum absolute atomic E-state index is 0.0300. The predicted octanol–water partition coefficient (Wildman–Crippen LogP) is 5.74. The van der Waals surface area contributed by atoms with Gasteiger partial charge in [0.15, 0.2) is 0 Å². The van der Waals surface area contributed by atoms with Crippen molar-refractivity contribution in [2.24, 2.45) is 0 Å². The first-order chi connectivity index (χ1) is 12.5. The van der Waals surface area contributed by atoms with E-state index in [2.05, 4.69) is 62.5 Å². The maximum atomic E-state index is 12.8. The third kappa shape index (κ3) is 4.17. The van der Waals surface area contributed by atoms with E-state index >= 15 is 0 Å². The van der Waals surface area contributed by atoms with Gasteiger partial charge in [0, 0.05) is 5.54 Å². The van der Waals surface area contributed by atoms with Crippen molar-refractivity contribution in [2.75, 3.05) is 0 Å². The SMILES string of the molecule is CCC1(NC(=O)Cc2cc(C)c(-c3ccccc3)cc2C)CCCCC1. The van der Waals surface area contributed by atoms with Crippen molar-refractivity contribution in [3.63, 3.8) is 0 Å². The molecule has 1 aliphatic rings. The Bertz CT molecular complexity index is 757. The van der Waals surface area contributed by atoms with Gasteiger partial charge in [0.25, 0.3) is 0 Å². The number of amides is 1. The van der Waals surface area contributed by atoms with Crippen molar-refractivity contribution in [1.82, 2.24) is 5.32 Å². The average molecular weight is 350 g/mol. The largest absolute Gasteiger partial charge is 0.350 e. The van der Waals surface area contributed by atoms with Crippen LogP contribution in [0.1, 0.15) is 62.1 Å². The van der Waals surface area contributed by atoms with Gasteiger partial charge >= 0.3 is 0 Å². The molecule has 0 unspecified atom stereocenters. The van der Waals surface area contributed by atoms with E-state index in [0.29, 0.717) is 6.42 Å². The molecular formula is C24H31NO. The summed E-state index contributed by atoms with van der Waals surface area (Å²) in [7, 11) is 0. The molecule has 138 valence electrons. The summed E-state index contributed by atoms with van der Waals surface area (Å²) in [5.74, 6) is 0.170. The molecule has 1 saturated carbocycles. The van der Waals surface area contributed by atoms with Crippen molar-refractivity contribution in [1.29, 1.82) is 0 Å². The molecule has 2 nitrogen and oxygen atoms in total. The van der Waals surface area contributed by atoms with E-state index in [1.54, 1.807) is 0 Å².